The van der Waals surface area contributed by atoms with Crippen LogP contribution in [0.3, 0.4) is 0 Å². The highest BCUT2D eigenvalue weighted by atomic mass is 16.5. The molecule has 2 aromatic carbocycles. The van der Waals surface area contributed by atoms with Crippen molar-refractivity contribution in [3.63, 3.8) is 0 Å². The normalized spacial score (nSPS) is 18.3. The minimum absolute atomic E-state index is 0.0831. The summed E-state index contributed by atoms with van der Waals surface area (Å²) in [6, 6.07) is 16.0. The van der Waals surface area contributed by atoms with Gasteiger partial charge in [0.05, 0.1) is 25.2 Å². The van der Waals surface area contributed by atoms with Crippen molar-refractivity contribution in [1.82, 2.24) is 16.0 Å². The summed E-state index contributed by atoms with van der Waals surface area (Å²) in [4.78, 5) is 46.9. The molecule has 1 aliphatic carbocycles. The van der Waals surface area contributed by atoms with E-state index < -0.39 is 29.8 Å². The van der Waals surface area contributed by atoms with Gasteiger partial charge in [-0.2, -0.15) is 0 Å². The van der Waals surface area contributed by atoms with E-state index in [9.17, 15) is 19.2 Å². The molecule has 1 aliphatic heterocycles. The minimum atomic E-state index is -0.921. The van der Waals surface area contributed by atoms with Crippen LogP contribution in [0.4, 0.5) is 4.79 Å². The smallest absolute Gasteiger partial charge is 0.407 e. The standard InChI is InChI=1S/C25H27N3O7/c29-22(26-10-16-9-15(13-34-16)24(31)32)11-27-23(30)12-28-25(33)35-14-21-19-7-3-1-5-17(19)18-6-2-4-8-20(18)21/h1-8,15-16,21H,9-14H2,(H,26,29)(H,27,30)(H,28,33)(H,31,32)/t15-,16-/m1/s1. The number of carbonyl (C=O) groups is 4. The van der Waals surface area contributed by atoms with E-state index in [0.29, 0.717) is 6.42 Å². The lowest BCUT2D eigenvalue weighted by Gasteiger charge is -2.14. The highest BCUT2D eigenvalue weighted by molar-refractivity contribution is 5.87. The fourth-order valence-corrected chi connectivity index (χ4v) is 4.35. The summed E-state index contributed by atoms with van der Waals surface area (Å²) in [7, 11) is 0. The monoisotopic (exact) mass is 481 g/mol. The maximum absolute atomic E-state index is 12.1. The number of ether oxygens (including phenoxy) is 2. The van der Waals surface area contributed by atoms with Crippen LogP contribution in [0.2, 0.25) is 0 Å². The lowest BCUT2D eigenvalue weighted by molar-refractivity contribution is -0.141. The number of rotatable bonds is 9. The van der Waals surface area contributed by atoms with Gasteiger partial charge in [-0.25, -0.2) is 4.79 Å². The topological polar surface area (TPSA) is 143 Å². The summed E-state index contributed by atoms with van der Waals surface area (Å²) in [5, 5.41) is 16.3. The minimum Gasteiger partial charge on any atom is -0.481 e. The molecule has 0 saturated carbocycles. The van der Waals surface area contributed by atoms with E-state index in [1.165, 1.54) is 0 Å². The third-order valence-corrected chi connectivity index (χ3v) is 6.14. The molecule has 0 radical (unpaired) electrons. The van der Waals surface area contributed by atoms with Crippen LogP contribution in [0.1, 0.15) is 23.5 Å². The van der Waals surface area contributed by atoms with Gasteiger partial charge in [0.2, 0.25) is 11.8 Å². The molecule has 2 aliphatic rings. The molecule has 4 N–H and O–H groups in total. The number of carbonyl (C=O) groups excluding carboxylic acids is 3. The Balaban J connectivity index is 1.14. The van der Waals surface area contributed by atoms with Crippen molar-refractivity contribution in [3.05, 3.63) is 59.7 Å². The zero-order valence-electron chi connectivity index (χ0n) is 19.0. The number of fused-ring (bicyclic) bond motifs is 3. The van der Waals surface area contributed by atoms with E-state index in [-0.39, 0.29) is 44.9 Å². The van der Waals surface area contributed by atoms with Crippen LogP contribution >= 0.6 is 0 Å². The van der Waals surface area contributed by atoms with Crippen molar-refractivity contribution in [2.24, 2.45) is 5.92 Å². The van der Waals surface area contributed by atoms with Gasteiger partial charge in [-0.3, -0.25) is 14.4 Å². The Labute approximate surface area is 202 Å². The molecule has 184 valence electrons. The number of alkyl carbamates (subject to hydrolysis) is 1. The Morgan fingerprint density at radius 2 is 1.49 bits per heavy atom. The van der Waals surface area contributed by atoms with Gasteiger partial charge in [-0.1, -0.05) is 48.5 Å². The Morgan fingerprint density at radius 1 is 0.886 bits per heavy atom. The summed E-state index contributed by atoms with van der Waals surface area (Å²) in [6.45, 7) is -0.198. The lowest BCUT2D eigenvalue weighted by atomic mass is 9.98. The quantitative estimate of drug-likeness (QED) is 0.422. The van der Waals surface area contributed by atoms with Crippen molar-refractivity contribution >= 4 is 23.9 Å². The zero-order valence-corrected chi connectivity index (χ0v) is 19.0. The maximum Gasteiger partial charge on any atom is 0.407 e. The largest absolute Gasteiger partial charge is 0.481 e. The summed E-state index contributed by atoms with van der Waals surface area (Å²) >= 11 is 0. The Kier molecular flexibility index (Phi) is 7.61. The first-order valence-corrected chi connectivity index (χ1v) is 11.4. The van der Waals surface area contributed by atoms with Crippen LogP contribution in [0.25, 0.3) is 11.1 Å². The number of carboxylic acids is 1. The first-order chi connectivity index (χ1) is 16.9. The van der Waals surface area contributed by atoms with Gasteiger partial charge in [0, 0.05) is 12.5 Å². The highest BCUT2D eigenvalue weighted by Crippen LogP contribution is 2.44. The molecule has 3 amide bonds. The highest BCUT2D eigenvalue weighted by Gasteiger charge is 2.31. The number of aliphatic carboxylic acids is 1. The van der Waals surface area contributed by atoms with Gasteiger partial charge in [0.1, 0.15) is 13.2 Å². The number of hydrogen-bond donors (Lipinski definition) is 4. The molecule has 4 rings (SSSR count). The molecule has 0 bridgehead atoms. The van der Waals surface area contributed by atoms with Crippen LogP contribution in [0.5, 0.6) is 0 Å². The molecular weight excluding hydrogens is 454 g/mol. The molecule has 10 nitrogen and oxygen atoms in total. The first-order valence-electron chi connectivity index (χ1n) is 11.4. The average molecular weight is 482 g/mol. The van der Waals surface area contributed by atoms with Gasteiger partial charge in [-0.15, -0.1) is 0 Å². The molecule has 35 heavy (non-hydrogen) atoms. The lowest BCUT2D eigenvalue weighted by Crippen LogP contribution is -2.43. The van der Waals surface area contributed by atoms with Crippen molar-refractivity contribution in [1.29, 1.82) is 0 Å². The fraction of sp³-hybridized carbons (Fsp3) is 0.360. The first kappa shape index (κ1) is 24.2. The van der Waals surface area contributed by atoms with Crippen molar-refractivity contribution in [2.45, 2.75) is 18.4 Å². The second kappa shape index (κ2) is 11.0. The van der Waals surface area contributed by atoms with Crippen molar-refractivity contribution in [2.75, 3.05) is 32.8 Å². The SMILES string of the molecule is O=C(CNC(=O)CNC(=O)OCC1c2ccccc2-c2ccccc21)NC[C@H]1C[C@@H](C(=O)O)CO1. The second-order valence-electron chi connectivity index (χ2n) is 8.49. The number of nitrogens with one attached hydrogen (secondary N) is 3. The molecule has 1 fully saturated rings. The van der Waals surface area contributed by atoms with E-state index in [1.54, 1.807) is 0 Å². The molecule has 10 heteroatoms. The molecule has 0 aromatic heterocycles. The number of amides is 3. The molecule has 0 unspecified atom stereocenters. The molecular formula is C25H27N3O7. The van der Waals surface area contributed by atoms with E-state index in [2.05, 4.69) is 16.0 Å². The average Bonchev–Trinajstić information content (AvgIpc) is 3.47. The number of carboxylic acid groups (broad SMARTS) is 1. The summed E-state index contributed by atoms with van der Waals surface area (Å²) in [5.74, 6) is -2.56. The third-order valence-electron chi connectivity index (χ3n) is 6.14. The third kappa shape index (κ3) is 5.96. The van der Waals surface area contributed by atoms with Gasteiger partial charge in [-0.05, 0) is 28.7 Å². The number of hydrogen-bond acceptors (Lipinski definition) is 6. The van der Waals surface area contributed by atoms with Crippen LogP contribution in [0.15, 0.2) is 48.5 Å². The van der Waals surface area contributed by atoms with E-state index in [1.807, 2.05) is 48.5 Å². The van der Waals surface area contributed by atoms with E-state index in [0.717, 1.165) is 22.3 Å². The molecule has 1 saturated heterocycles. The van der Waals surface area contributed by atoms with E-state index in [4.69, 9.17) is 14.6 Å². The molecule has 1 heterocycles. The van der Waals surface area contributed by atoms with Crippen LogP contribution < -0.4 is 16.0 Å². The van der Waals surface area contributed by atoms with Gasteiger partial charge >= 0.3 is 12.1 Å². The second-order valence-corrected chi connectivity index (χ2v) is 8.49. The van der Waals surface area contributed by atoms with Crippen LogP contribution in [-0.4, -0.2) is 67.9 Å². The molecule has 2 aromatic rings. The summed E-state index contributed by atoms with van der Waals surface area (Å²) in [6.07, 6.45) is -0.768. The predicted molar refractivity (Wildman–Crippen MR) is 125 cm³/mol. The molecule has 2 atom stereocenters. The predicted octanol–water partition coefficient (Wildman–Crippen LogP) is 1.25. The fourth-order valence-electron chi connectivity index (χ4n) is 4.35. The van der Waals surface area contributed by atoms with Gasteiger partial charge < -0.3 is 30.5 Å². The van der Waals surface area contributed by atoms with Gasteiger partial charge in [0.25, 0.3) is 0 Å². The summed E-state index contributed by atoms with van der Waals surface area (Å²) < 4.78 is 10.7. The zero-order chi connectivity index (χ0) is 24.8. The maximum atomic E-state index is 12.1. The Hall–Kier alpha value is -3.92. The van der Waals surface area contributed by atoms with E-state index >= 15 is 0 Å². The Bertz CT molecular complexity index is 1070. The molecule has 0 spiro atoms. The van der Waals surface area contributed by atoms with Gasteiger partial charge in [0.15, 0.2) is 0 Å². The van der Waals surface area contributed by atoms with Crippen molar-refractivity contribution in [3.8, 4) is 11.1 Å². The number of benzene rings is 2. The summed E-state index contributed by atoms with van der Waals surface area (Å²) in [5.41, 5.74) is 4.42. The van der Waals surface area contributed by atoms with Crippen molar-refractivity contribution < 1.29 is 33.8 Å². The Morgan fingerprint density at radius 3 is 2.11 bits per heavy atom. The van der Waals surface area contributed by atoms with Crippen LogP contribution in [0, 0.1) is 5.92 Å². The van der Waals surface area contributed by atoms with Crippen LogP contribution in [-0.2, 0) is 23.9 Å².